The first-order chi connectivity index (χ1) is 8.34. The number of allylic oxidation sites excluding steroid dienone is 4. The van der Waals surface area contributed by atoms with E-state index in [0.717, 1.165) is 12.8 Å². The van der Waals surface area contributed by atoms with Gasteiger partial charge in [-0.1, -0.05) is 42.5 Å². The molecule has 0 saturated carbocycles. The molecule has 2 aliphatic rings. The molecule has 2 aliphatic carbocycles. The third kappa shape index (κ3) is 1.13. The van der Waals surface area contributed by atoms with Gasteiger partial charge in [0.15, 0.2) is 0 Å². The summed E-state index contributed by atoms with van der Waals surface area (Å²) in [5, 5.41) is 2.94. The monoisotopic (exact) mass is 218 g/mol. The van der Waals surface area contributed by atoms with Crippen LogP contribution in [-0.2, 0) is 12.8 Å². The van der Waals surface area contributed by atoms with Gasteiger partial charge in [-0.05, 0) is 58.4 Å². The Bertz CT molecular complexity index is 700. The molecule has 0 unspecified atom stereocenters. The van der Waals surface area contributed by atoms with Crippen molar-refractivity contribution in [2.75, 3.05) is 0 Å². The minimum absolute atomic E-state index is 1.08. The second-order valence-corrected chi connectivity index (χ2v) is 5.03. The van der Waals surface area contributed by atoms with Crippen LogP contribution < -0.4 is 0 Å². The van der Waals surface area contributed by atoms with Crippen LogP contribution in [0.2, 0.25) is 0 Å². The zero-order chi connectivity index (χ0) is 11.4. The number of benzene rings is 2. The molecule has 0 amide bonds. The lowest BCUT2D eigenvalue weighted by Gasteiger charge is -2.23. The third-order valence-corrected chi connectivity index (χ3v) is 4.04. The molecular formula is C17H14. The van der Waals surface area contributed by atoms with E-state index >= 15 is 0 Å². The van der Waals surface area contributed by atoms with E-state index in [1.165, 1.54) is 38.6 Å². The lowest BCUT2D eigenvalue weighted by atomic mass is 9.81. The molecule has 0 radical (unpaired) electrons. The van der Waals surface area contributed by atoms with Gasteiger partial charge >= 0.3 is 0 Å². The predicted molar refractivity (Wildman–Crippen MR) is 73.2 cm³/mol. The summed E-state index contributed by atoms with van der Waals surface area (Å²) in [5.41, 5.74) is 7.28. The number of hydrogen-bond acceptors (Lipinski definition) is 0. The van der Waals surface area contributed by atoms with Crippen LogP contribution >= 0.6 is 0 Å². The third-order valence-electron chi connectivity index (χ3n) is 4.04. The normalized spacial score (nSPS) is 16.2. The highest BCUT2D eigenvalue weighted by Crippen LogP contribution is 2.39. The van der Waals surface area contributed by atoms with Crippen LogP contribution in [0.1, 0.15) is 22.3 Å². The van der Waals surface area contributed by atoms with Crippen molar-refractivity contribution in [1.29, 1.82) is 0 Å². The highest BCUT2D eigenvalue weighted by atomic mass is 14.2. The van der Waals surface area contributed by atoms with Crippen molar-refractivity contribution in [3.05, 3.63) is 64.7 Å². The molecule has 0 nitrogen and oxygen atoms in total. The van der Waals surface area contributed by atoms with Crippen LogP contribution in [0.3, 0.4) is 0 Å². The minimum atomic E-state index is 1.08. The van der Waals surface area contributed by atoms with E-state index in [1.807, 2.05) is 0 Å². The Morgan fingerprint density at radius 1 is 0.941 bits per heavy atom. The molecule has 0 saturated heterocycles. The summed E-state index contributed by atoms with van der Waals surface area (Å²) in [6, 6.07) is 9.15. The van der Waals surface area contributed by atoms with Crippen LogP contribution in [0.15, 0.2) is 42.5 Å². The maximum atomic E-state index is 2.37. The van der Waals surface area contributed by atoms with Crippen LogP contribution in [0.25, 0.3) is 16.3 Å². The van der Waals surface area contributed by atoms with Gasteiger partial charge in [0.25, 0.3) is 0 Å². The van der Waals surface area contributed by atoms with Crippen molar-refractivity contribution in [3.8, 4) is 0 Å². The van der Waals surface area contributed by atoms with Crippen molar-refractivity contribution in [2.24, 2.45) is 0 Å². The molecule has 0 spiro atoms. The van der Waals surface area contributed by atoms with Crippen LogP contribution in [0, 0.1) is 6.92 Å². The quantitative estimate of drug-likeness (QED) is 0.621. The van der Waals surface area contributed by atoms with Gasteiger partial charge < -0.3 is 0 Å². The Balaban J connectivity index is 2.25. The van der Waals surface area contributed by atoms with Gasteiger partial charge in [0, 0.05) is 0 Å². The van der Waals surface area contributed by atoms with E-state index in [-0.39, 0.29) is 0 Å². The Hall–Kier alpha value is -1.82. The summed E-state index contributed by atoms with van der Waals surface area (Å²) in [5.74, 6) is 0. The predicted octanol–water partition coefficient (Wildman–Crippen LogP) is 4.20. The summed E-state index contributed by atoms with van der Waals surface area (Å²) >= 11 is 0. The van der Waals surface area contributed by atoms with Crippen LogP contribution in [-0.4, -0.2) is 0 Å². The highest BCUT2D eigenvalue weighted by Gasteiger charge is 2.19. The zero-order valence-corrected chi connectivity index (χ0v) is 9.96. The fraction of sp³-hybridized carbons (Fsp3) is 0.176. The van der Waals surface area contributed by atoms with Crippen molar-refractivity contribution >= 4 is 16.3 Å². The van der Waals surface area contributed by atoms with Gasteiger partial charge in [0.2, 0.25) is 0 Å². The largest absolute Gasteiger partial charge is 0.0795 e. The molecule has 2 aromatic rings. The Morgan fingerprint density at radius 3 is 2.76 bits per heavy atom. The molecule has 0 aliphatic heterocycles. The molecule has 17 heavy (non-hydrogen) atoms. The first-order valence-electron chi connectivity index (χ1n) is 6.26. The van der Waals surface area contributed by atoms with E-state index in [1.54, 1.807) is 0 Å². The number of hydrogen-bond donors (Lipinski definition) is 0. The van der Waals surface area contributed by atoms with E-state index in [9.17, 15) is 0 Å². The molecule has 4 rings (SSSR count). The summed E-state index contributed by atoms with van der Waals surface area (Å²) in [7, 11) is 0. The van der Waals surface area contributed by atoms with E-state index in [2.05, 4.69) is 49.4 Å². The van der Waals surface area contributed by atoms with Crippen molar-refractivity contribution in [3.63, 3.8) is 0 Å². The first-order valence-corrected chi connectivity index (χ1v) is 6.26. The maximum absolute atomic E-state index is 2.37. The topological polar surface area (TPSA) is 0 Å². The molecule has 0 heterocycles. The lowest BCUT2D eigenvalue weighted by Crippen LogP contribution is -2.04. The second-order valence-electron chi connectivity index (χ2n) is 5.03. The average Bonchev–Trinajstić information content (AvgIpc) is 2.38. The SMILES string of the molecule is Cc1ccc2c3c4c(ccc13)CC=CC4=CC2. The van der Waals surface area contributed by atoms with Crippen molar-refractivity contribution < 1.29 is 0 Å². The van der Waals surface area contributed by atoms with E-state index in [4.69, 9.17) is 0 Å². The molecule has 2 aromatic carbocycles. The molecule has 0 atom stereocenters. The minimum Gasteiger partial charge on any atom is -0.0795 e. The standard InChI is InChI=1S/C17H14/c1-11-5-6-14-8-7-12-3-2-4-13-9-10-15(11)17(14)16(12)13/h2-3,5-7,9-10H,4,8H2,1H3. The first kappa shape index (κ1) is 9.23. The smallest absolute Gasteiger partial charge is 0.00647 e. The lowest BCUT2D eigenvalue weighted by molar-refractivity contribution is 1.20. The van der Waals surface area contributed by atoms with E-state index < -0.39 is 0 Å². The molecule has 0 fully saturated rings. The Kier molecular flexibility index (Phi) is 1.69. The van der Waals surface area contributed by atoms with Crippen LogP contribution in [0.4, 0.5) is 0 Å². The molecule has 0 N–H and O–H groups in total. The highest BCUT2D eigenvalue weighted by molar-refractivity contribution is 6.03. The van der Waals surface area contributed by atoms with Gasteiger partial charge in [-0.25, -0.2) is 0 Å². The van der Waals surface area contributed by atoms with Gasteiger partial charge in [-0.15, -0.1) is 0 Å². The summed E-state index contributed by atoms with van der Waals surface area (Å²) in [6.45, 7) is 2.21. The van der Waals surface area contributed by atoms with Gasteiger partial charge in [-0.2, -0.15) is 0 Å². The Labute approximate surface area is 101 Å². The maximum Gasteiger partial charge on any atom is -0.00647 e. The van der Waals surface area contributed by atoms with Crippen molar-refractivity contribution in [2.45, 2.75) is 19.8 Å². The summed E-state index contributed by atoms with van der Waals surface area (Å²) < 4.78 is 0. The molecular weight excluding hydrogens is 204 g/mol. The van der Waals surface area contributed by atoms with Gasteiger partial charge in [-0.3, -0.25) is 0 Å². The van der Waals surface area contributed by atoms with Gasteiger partial charge in [0.05, 0.1) is 0 Å². The average molecular weight is 218 g/mol. The molecule has 0 heteroatoms. The zero-order valence-electron chi connectivity index (χ0n) is 9.96. The van der Waals surface area contributed by atoms with Crippen LogP contribution in [0.5, 0.6) is 0 Å². The Morgan fingerprint density at radius 2 is 1.82 bits per heavy atom. The second kappa shape index (κ2) is 3.10. The van der Waals surface area contributed by atoms with E-state index in [0.29, 0.717) is 0 Å². The number of aryl methyl sites for hydroxylation is 1. The molecule has 0 aromatic heterocycles. The molecule has 82 valence electrons. The van der Waals surface area contributed by atoms with Crippen molar-refractivity contribution in [1.82, 2.24) is 0 Å². The summed E-state index contributed by atoms with van der Waals surface area (Å²) in [6.07, 6.45) is 9.09. The summed E-state index contributed by atoms with van der Waals surface area (Å²) in [4.78, 5) is 0. The fourth-order valence-electron chi connectivity index (χ4n) is 3.16. The molecule has 0 bridgehead atoms. The fourth-order valence-corrected chi connectivity index (χ4v) is 3.16. The van der Waals surface area contributed by atoms with Gasteiger partial charge in [0.1, 0.15) is 0 Å². The number of rotatable bonds is 0.